The highest BCUT2D eigenvalue weighted by atomic mass is 16.4. The third-order valence-corrected chi connectivity index (χ3v) is 5.45. The fourth-order valence-corrected chi connectivity index (χ4v) is 3.24. The number of aryl methyl sites for hydroxylation is 3. The lowest BCUT2D eigenvalue weighted by Gasteiger charge is -2.19. The van der Waals surface area contributed by atoms with Crippen molar-refractivity contribution in [1.82, 2.24) is 14.8 Å². The maximum Gasteiger partial charge on any atom is 0.339 e. The minimum Gasteiger partial charge on any atom is -0.478 e. The van der Waals surface area contributed by atoms with Gasteiger partial charge in [-0.1, -0.05) is 39.0 Å². The Balaban J connectivity index is 2.21. The van der Waals surface area contributed by atoms with E-state index < -0.39 is 5.97 Å². The predicted octanol–water partition coefficient (Wildman–Crippen LogP) is 5.32. The third kappa shape index (κ3) is 4.01. The highest BCUT2D eigenvalue weighted by Gasteiger charge is 2.25. The number of aromatic nitrogens is 3. The maximum atomic E-state index is 11.7. The standard InChI is InChI=1S/C23H28N4O2/c1-7-23(5,6)18-13-19(25-21-17(22(28)29)12-11-16(4)24-21)27(26-18)20-14(2)9-8-10-15(20)3/h8-13H,7H2,1-6H3,(H,24,25)(H,28,29). The maximum absolute atomic E-state index is 11.7. The fourth-order valence-electron chi connectivity index (χ4n) is 3.24. The van der Waals surface area contributed by atoms with E-state index in [-0.39, 0.29) is 11.0 Å². The van der Waals surface area contributed by atoms with Crippen LogP contribution < -0.4 is 5.32 Å². The number of anilines is 2. The number of carbonyl (C=O) groups is 1. The molecule has 3 rings (SSSR count). The zero-order valence-electron chi connectivity index (χ0n) is 17.9. The molecule has 0 aliphatic rings. The molecule has 152 valence electrons. The Kier molecular flexibility index (Phi) is 5.46. The van der Waals surface area contributed by atoms with Gasteiger partial charge in [-0.25, -0.2) is 14.5 Å². The number of hydrogen-bond acceptors (Lipinski definition) is 4. The second-order valence-electron chi connectivity index (χ2n) is 8.08. The lowest BCUT2D eigenvalue weighted by atomic mass is 9.87. The van der Waals surface area contributed by atoms with E-state index in [9.17, 15) is 9.90 Å². The summed E-state index contributed by atoms with van der Waals surface area (Å²) in [7, 11) is 0. The van der Waals surface area contributed by atoms with Gasteiger partial charge in [0.2, 0.25) is 0 Å². The normalized spacial score (nSPS) is 11.5. The molecule has 0 atom stereocenters. The lowest BCUT2D eigenvalue weighted by molar-refractivity contribution is 0.0697. The first kappa shape index (κ1) is 20.6. The number of carboxylic acids is 1. The van der Waals surface area contributed by atoms with Gasteiger partial charge < -0.3 is 10.4 Å². The fraction of sp³-hybridized carbons (Fsp3) is 0.348. The monoisotopic (exact) mass is 392 g/mol. The molecule has 1 aromatic carbocycles. The first-order valence-corrected chi connectivity index (χ1v) is 9.79. The van der Waals surface area contributed by atoms with Crippen molar-refractivity contribution in [3.05, 3.63) is 64.5 Å². The second kappa shape index (κ2) is 7.70. The van der Waals surface area contributed by atoms with E-state index in [4.69, 9.17) is 5.10 Å². The van der Waals surface area contributed by atoms with Crippen molar-refractivity contribution in [2.24, 2.45) is 0 Å². The van der Waals surface area contributed by atoms with Gasteiger partial charge in [0, 0.05) is 17.2 Å². The minimum absolute atomic E-state index is 0.117. The summed E-state index contributed by atoms with van der Waals surface area (Å²) in [6.45, 7) is 12.4. The Morgan fingerprint density at radius 2 is 1.79 bits per heavy atom. The summed E-state index contributed by atoms with van der Waals surface area (Å²) in [5, 5.41) is 17.7. The van der Waals surface area contributed by atoms with Crippen molar-refractivity contribution in [1.29, 1.82) is 0 Å². The van der Waals surface area contributed by atoms with E-state index in [1.807, 2.05) is 49.7 Å². The molecule has 2 aromatic heterocycles. The molecule has 0 fully saturated rings. The summed E-state index contributed by atoms with van der Waals surface area (Å²) in [5.41, 5.74) is 4.85. The number of carboxylic acid groups (broad SMARTS) is 1. The summed E-state index contributed by atoms with van der Waals surface area (Å²) >= 11 is 0. The summed E-state index contributed by atoms with van der Waals surface area (Å²) in [6, 6.07) is 11.4. The second-order valence-corrected chi connectivity index (χ2v) is 8.08. The number of benzene rings is 1. The van der Waals surface area contributed by atoms with Crippen LogP contribution in [0.25, 0.3) is 5.69 Å². The summed E-state index contributed by atoms with van der Waals surface area (Å²) in [6.07, 6.45) is 0.930. The smallest absolute Gasteiger partial charge is 0.339 e. The van der Waals surface area contributed by atoms with Gasteiger partial charge in [0.25, 0.3) is 0 Å². The molecule has 0 saturated carbocycles. The zero-order valence-corrected chi connectivity index (χ0v) is 17.9. The van der Waals surface area contributed by atoms with Crippen molar-refractivity contribution in [3.8, 4) is 5.69 Å². The molecule has 0 aliphatic carbocycles. The average Bonchev–Trinajstić information content (AvgIpc) is 3.06. The van der Waals surface area contributed by atoms with Crippen LogP contribution in [0.1, 0.15) is 60.1 Å². The number of aromatic carboxylic acids is 1. The van der Waals surface area contributed by atoms with Gasteiger partial charge >= 0.3 is 5.97 Å². The first-order chi connectivity index (χ1) is 13.6. The summed E-state index contributed by atoms with van der Waals surface area (Å²) in [5.74, 6) is -0.0162. The molecule has 3 aromatic rings. The van der Waals surface area contributed by atoms with Crippen LogP contribution in [0.4, 0.5) is 11.6 Å². The van der Waals surface area contributed by atoms with Crippen molar-refractivity contribution >= 4 is 17.6 Å². The quantitative estimate of drug-likeness (QED) is 0.593. The highest BCUT2D eigenvalue weighted by Crippen LogP contribution is 2.32. The van der Waals surface area contributed by atoms with Crippen molar-refractivity contribution < 1.29 is 9.90 Å². The molecular weight excluding hydrogens is 364 g/mol. The molecule has 0 saturated heterocycles. The van der Waals surface area contributed by atoms with E-state index in [0.717, 1.165) is 34.6 Å². The van der Waals surface area contributed by atoms with Gasteiger partial charge in [0.05, 0.1) is 11.4 Å². The number of para-hydroxylation sites is 1. The molecule has 0 unspecified atom stereocenters. The zero-order chi connectivity index (χ0) is 21.3. The average molecular weight is 393 g/mol. The van der Waals surface area contributed by atoms with Crippen LogP contribution in [0, 0.1) is 20.8 Å². The molecule has 2 N–H and O–H groups in total. The van der Waals surface area contributed by atoms with Gasteiger partial charge in [-0.15, -0.1) is 0 Å². The number of nitrogens with one attached hydrogen (secondary N) is 1. The number of rotatable bonds is 6. The van der Waals surface area contributed by atoms with E-state index in [1.54, 1.807) is 12.1 Å². The third-order valence-electron chi connectivity index (χ3n) is 5.45. The number of hydrogen-bond donors (Lipinski definition) is 2. The molecule has 0 amide bonds. The summed E-state index contributed by atoms with van der Waals surface area (Å²) in [4.78, 5) is 16.1. The molecule has 2 heterocycles. The molecular formula is C23H28N4O2. The van der Waals surface area contributed by atoms with E-state index in [0.29, 0.717) is 11.6 Å². The van der Waals surface area contributed by atoms with Crippen LogP contribution in [0.15, 0.2) is 36.4 Å². The molecule has 0 bridgehead atoms. The largest absolute Gasteiger partial charge is 0.478 e. The van der Waals surface area contributed by atoms with Crippen molar-refractivity contribution in [2.45, 2.75) is 53.4 Å². The Hall–Kier alpha value is -3.15. The minimum atomic E-state index is -1.02. The molecule has 6 nitrogen and oxygen atoms in total. The van der Waals surface area contributed by atoms with Gasteiger partial charge in [0.15, 0.2) is 0 Å². The number of nitrogens with zero attached hydrogens (tertiary/aromatic N) is 3. The molecule has 29 heavy (non-hydrogen) atoms. The molecule has 0 aliphatic heterocycles. The highest BCUT2D eigenvalue weighted by molar-refractivity contribution is 5.94. The Bertz CT molecular complexity index is 1050. The Labute approximate surface area is 171 Å². The summed E-state index contributed by atoms with van der Waals surface area (Å²) < 4.78 is 1.87. The first-order valence-electron chi connectivity index (χ1n) is 9.79. The van der Waals surface area contributed by atoms with Crippen molar-refractivity contribution in [3.63, 3.8) is 0 Å². The Morgan fingerprint density at radius 3 is 2.38 bits per heavy atom. The lowest BCUT2D eigenvalue weighted by Crippen LogP contribution is -2.17. The molecule has 6 heteroatoms. The van der Waals surface area contributed by atoms with E-state index in [1.165, 1.54) is 0 Å². The van der Waals surface area contributed by atoms with Gasteiger partial charge in [-0.05, 0) is 50.5 Å². The van der Waals surface area contributed by atoms with Crippen LogP contribution in [0.3, 0.4) is 0 Å². The van der Waals surface area contributed by atoms with Gasteiger partial charge in [-0.3, -0.25) is 0 Å². The van der Waals surface area contributed by atoms with Gasteiger partial charge in [0.1, 0.15) is 17.2 Å². The van der Waals surface area contributed by atoms with E-state index >= 15 is 0 Å². The van der Waals surface area contributed by atoms with E-state index in [2.05, 4.69) is 31.1 Å². The van der Waals surface area contributed by atoms with Crippen LogP contribution in [0.5, 0.6) is 0 Å². The Morgan fingerprint density at radius 1 is 1.14 bits per heavy atom. The number of pyridine rings is 1. The van der Waals surface area contributed by atoms with Crippen molar-refractivity contribution in [2.75, 3.05) is 5.32 Å². The topological polar surface area (TPSA) is 80.0 Å². The van der Waals surface area contributed by atoms with Gasteiger partial charge in [-0.2, -0.15) is 5.10 Å². The predicted molar refractivity (Wildman–Crippen MR) is 116 cm³/mol. The van der Waals surface area contributed by atoms with Crippen LogP contribution in [0.2, 0.25) is 0 Å². The van der Waals surface area contributed by atoms with Crippen LogP contribution in [-0.4, -0.2) is 25.8 Å². The van der Waals surface area contributed by atoms with Crippen LogP contribution >= 0.6 is 0 Å². The molecule has 0 radical (unpaired) electrons. The SMILES string of the molecule is CCC(C)(C)c1cc(Nc2nc(C)ccc2C(=O)O)n(-c2c(C)cccc2C)n1. The molecule has 0 spiro atoms. The van der Waals surface area contributed by atoms with Crippen LogP contribution in [-0.2, 0) is 5.41 Å².